The molecule has 0 unspecified atom stereocenters. The molecule has 0 atom stereocenters. The van der Waals surface area contributed by atoms with E-state index in [1.807, 2.05) is 6.92 Å². The van der Waals surface area contributed by atoms with E-state index in [0.29, 0.717) is 23.7 Å². The molecule has 6 heteroatoms. The molecule has 20 heavy (non-hydrogen) atoms. The van der Waals surface area contributed by atoms with Crippen molar-refractivity contribution in [2.24, 2.45) is 5.10 Å². The van der Waals surface area contributed by atoms with Crippen molar-refractivity contribution in [1.82, 2.24) is 5.43 Å². The third-order valence-electron chi connectivity index (χ3n) is 2.57. The molecule has 1 aromatic rings. The number of ether oxygens (including phenoxy) is 3. The van der Waals surface area contributed by atoms with Crippen molar-refractivity contribution in [1.29, 1.82) is 0 Å². The average molecular weight is 280 g/mol. The fourth-order valence-corrected chi connectivity index (χ4v) is 1.64. The van der Waals surface area contributed by atoms with Gasteiger partial charge in [-0.3, -0.25) is 4.79 Å². The maximum Gasteiger partial charge on any atom is 0.240 e. The van der Waals surface area contributed by atoms with Gasteiger partial charge in [0, 0.05) is 12.0 Å². The van der Waals surface area contributed by atoms with Gasteiger partial charge in [-0.15, -0.1) is 0 Å². The molecule has 110 valence electrons. The number of nitrogens with zero attached hydrogens (tertiary/aromatic N) is 1. The van der Waals surface area contributed by atoms with Gasteiger partial charge in [-0.2, -0.15) is 5.10 Å². The van der Waals surface area contributed by atoms with Gasteiger partial charge < -0.3 is 14.2 Å². The second-order valence-corrected chi connectivity index (χ2v) is 4.00. The molecular formula is C14H20N2O4. The van der Waals surface area contributed by atoms with Crippen LogP contribution in [0.1, 0.15) is 25.3 Å². The van der Waals surface area contributed by atoms with E-state index in [2.05, 4.69) is 10.5 Å². The third kappa shape index (κ3) is 4.15. The zero-order chi connectivity index (χ0) is 15.0. The quantitative estimate of drug-likeness (QED) is 0.612. The lowest BCUT2D eigenvalue weighted by Crippen LogP contribution is -2.16. The minimum atomic E-state index is -0.115. The summed E-state index contributed by atoms with van der Waals surface area (Å²) in [6, 6.07) is 3.49. The summed E-state index contributed by atoms with van der Waals surface area (Å²) < 4.78 is 15.7. The molecule has 0 heterocycles. The molecule has 0 bridgehead atoms. The van der Waals surface area contributed by atoms with Gasteiger partial charge in [0.2, 0.25) is 11.7 Å². The van der Waals surface area contributed by atoms with Gasteiger partial charge in [0.25, 0.3) is 0 Å². The van der Waals surface area contributed by atoms with Crippen LogP contribution < -0.4 is 19.6 Å². The summed E-state index contributed by atoms with van der Waals surface area (Å²) >= 11 is 0. The Bertz CT molecular complexity index is 461. The van der Waals surface area contributed by atoms with E-state index in [1.54, 1.807) is 33.5 Å². The van der Waals surface area contributed by atoms with Crippen LogP contribution in [0.5, 0.6) is 17.2 Å². The van der Waals surface area contributed by atoms with E-state index in [0.717, 1.165) is 12.0 Å². The first-order valence-corrected chi connectivity index (χ1v) is 6.28. The van der Waals surface area contributed by atoms with Crippen molar-refractivity contribution in [3.05, 3.63) is 17.7 Å². The second-order valence-electron chi connectivity index (χ2n) is 4.00. The molecule has 0 spiro atoms. The summed E-state index contributed by atoms with van der Waals surface area (Å²) in [6.07, 6.45) is 2.76. The van der Waals surface area contributed by atoms with Crippen LogP contribution in [0.3, 0.4) is 0 Å². The van der Waals surface area contributed by atoms with Crippen molar-refractivity contribution >= 4 is 12.1 Å². The van der Waals surface area contributed by atoms with E-state index in [9.17, 15) is 4.79 Å². The van der Waals surface area contributed by atoms with Gasteiger partial charge in [0.1, 0.15) is 0 Å². The van der Waals surface area contributed by atoms with Gasteiger partial charge >= 0.3 is 0 Å². The van der Waals surface area contributed by atoms with E-state index in [1.165, 1.54) is 6.21 Å². The maximum absolute atomic E-state index is 11.3. The Kier molecular flexibility index (Phi) is 6.36. The minimum Gasteiger partial charge on any atom is -0.493 e. The number of carbonyl (C=O) groups excluding carboxylic acids is 1. The van der Waals surface area contributed by atoms with Crippen LogP contribution >= 0.6 is 0 Å². The van der Waals surface area contributed by atoms with Gasteiger partial charge in [0.15, 0.2) is 11.5 Å². The first-order valence-electron chi connectivity index (χ1n) is 6.28. The SMILES string of the molecule is CCCC(=O)N/N=C/c1cc(OC)c(OC)c(OC)c1. The Labute approximate surface area is 118 Å². The van der Waals surface area contributed by atoms with E-state index < -0.39 is 0 Å². The number of rotatable bonds is 7. The van der Waals surface area contributed by atoms with Crippen molar-refractivity contribution < 1.29 is 19.0 Å². The van der Waals surface area contributed by atoms with Crippen LogP contribution in [0, 0.1) is 0 Å². The smallest absolute Gasteiger partial charge is 0.240 e. The number of amides is 1. The Morgan fingerprint density at radius 1 is 1.20 bits per heavy atom. The van der Waals surface area contributed by atoms with E-state index in [4.69, 9.17) is 14.2 Å². The number of methoxy groups -OCH3 is 3. The standard InChI is InChI=1S/C14H20N2O4/c1-5-6-13(17)16-15-9-10-7-11(18-2)14(20-4)12(8-10)19-3/h7-9H,5-6H2,1-4H3,(H,16,17)/b15-9+. The highest BCUT2D eigenvalue weighted by molar-refractivity contribution is 5.84. The lowest BCUT2D eigenvalue weighted by Gasteiger charge is -2.12. The molecule has 1 amide bonds. The van der Waals surface area contributed by atoms with Crippen molar-refractivity contribution in [3.63, 3.8) is 0 Å². The molecule has 1 N–H and O–H groups in total. The molecule has 1 aromatic carbocycles. The molecule has 0 fully saturated rings. The summed E-state index contributed by atoms with van der Waals surface area (Å²) in [5.74, 6) is 1.47. The molecule has 6 nitrogen and oxygen atoms in total. The van der Waals surface area contributed by atoms with Crippen LogP contribution in [-0.4, -0.2) is 33.5 Å². The molecule has 0 saturated carbocycles. The lowest BCUT2D eigenvalue weighted by molar-refractivity contribution is -0.121. The molecule has 1 rings (SSSR count). The zero-order valence-electron chi connectivity index (χ0n) is 12.2. The number of benzene rings is 1. The van der Waals surface area contributed by atoms with Gasteiger partial charge in [0.05, 0.1) is 27.5 Å². The summed E-state index contributed by atoms with van der Waals surface area (Å²) in [5.41, 5.74) is 3.19. The predicted molar refractivity (Wildman–Crippen MR) is 76.7 cm³/mol. The fourth-order valence-electron chi connectivity index (χ4n) is 1.64. The average Bonchev–Trinajstić information content (AvgIpc) is 2.46. The number of hydrazone groups is 1. The Morgan fingerprint density at radius 3 is 2.25 bits per heavy atom. The van der Waals surface area contributed by atoms with Crippen molar-refractivity contribution in [2.45, 2.75) is 19.8 Å². The normalized spacial score (nSPS) is 10.4. The monoisotopic (exact) mass is 280 g/mol. The first kappa shape index (κ1) is 15.8. The highest BCUT2D eigenvalue weighted by Crippen LogP contribution is 2.37. The first-order chi connectivity index (χ1) is 9.65. The highest BCUT2D eigenvalue weighted by Gasteiger charge is 2.12. The number of hydrogen-bond donors (Lipinski definition) is 1. The van der Waals surface area contributed by atoms with E-state index in [-0.39, 0.29) is 5.91 Å². The topological polar surface area (TPSA) is 69.2 Å². The van der Waals surface area contributed by atoms with Crippen molar-refractivity contribution in [2.75, 3.05) is 21.3 Å². The fraction of sp³-hybridized carbons (Fsp3) is 0.429. The predicted octanol–water partition coefficient (Wildman–Crippen LogP) is 1.96. The lowest BCUT2D eigenvalue weighted by atomic mass is 10.2. The molecule has 0 radical (unpaired) electrons. The number of carbonyl (C=O) groups is 1. The van der Waals surface area contributed by atoms with Gasteiger partial charge in [-0.05, 0) is 18.6 Å². The molecule has 0 aliphatic heterocycles. The summed E-state index contributed by atoms with van der Waals surface area (Å²) in [7, 11) is 4.63. The van der Waals surface area contributed by atoms with Crippen molar-refractivity contribution in [3.8, 4) is 17.2 Å². The number of hydrogen-bond acceptors (Lipinski definition) is 5. The van der Waals surface area contributed by atoms with Crippen LogP contribution in [0.2, 0.25) is 0 Å². The molecule has 0 aromatic heterocycles. The van der Waals surface area contributed by atoms with Gasteiger partial charge in [-0.1, -0.05) is 6.92 Å². The Hall–Kier alpha value is -2.24. The summed E-state index contributed by atoms with van der Waals surface area (Å²) in [5, 5.41) is 3.89. The molecule has 0 aliphatic carbocycles. The third-order valence-corrected chi connectivity index (χ3v) is 2.57. The van der Waals surface area contributed by atoms with Crippen LogP contribution in [0.4, 0.5) is 0 Å². The molecular weight excluding hydrogens is 260 g/mol. The maximum atomic E-state index is 11.3. The van der Waals surface area contributed by atoms with E-state index >= 15 is 0 Å². The zero-order valence-corrected chi connectivity index (χ0v) is 12.2. The highest BCUT2D eigenvalue weighted by atomic mass is 16.5. The van der Waals surface area contributed by atoms with Crippen LogP contribution in [-0.2, 0) is 4.79 Å². The van der Waals surface area contributed by atoms with Crippen LogP contribution in [0.25, 0.3) is 0 Å². The Balaban J connectivity index is 2.90. The van der Waals surface area contributed by atoms with Gasteiger partial charge in [-0.25, -0.2) is 5.43 Å². The number of nitrogens with one attached hydrogen (secondary N) is 1. The second kappa shape index (κ2) is 8.04. The van der Waals surface area contributed by atoms with Crippen LogP contribution in [0.15, 0.2) is 17.2 Å². The Morgan fingerprint density at radius 2 is 1.80 bits per heavy atom. The largest absolute Gasteiger partial charge is 0.493 e. The molecule has 0 saturated heterocycles. The minimum absolute atomic E-state index is 0.115. The summed E-state index contributed by atoms with van der Waals surface area (Å²) in [4.78, 5) is 11.3. The molecule has 0 aliphatic rings. The summed E-state index contributed by atoms with van der Waals surface area (Å²) in [6.45, 7) is 1.93.